The summed E-state index contributed by atoms with van der Waals surface area (Å²) in [5.41, 5.74) is 2.52. The van der Waals surface area contributed by atoms with Gasteiger partial charge in [0.25, 0.3) is 0 Å². The second-order valence-corrected chi connectivity index (χ2v) is 4.44. The third kappa shape index (κ3) is 2.30. The van der Waals surface area contributed by atoms with Gasteiger partial charge in [-0.25, -0.2) is 0 Å². The van der Waals surface area contributed by atoms with Crippen LogP contribution in [0.1, 0.15) is 5.56 Å². The lowest BCUT2D eigenvalue weighted by molar-refractivity contribution is 0.313. The Labute approximate surface area is 97.6 Å². The third-order valence-electron chi connectivity index (χ3n) is 3.25. The molecule has 0 unspecified atom stereocenters. The summed E-state index contributed by atoms with van der Waals surface area (Å²) >= 11 is 0. The number of hydrogen-bond donors (Lipinski definition) is 0. The van der Waals surface area contributed by atoms with Crippen molar-refractivity contribution in [2.24, 2.45) is 0 Å². The minimum Gasteiger partial charge on any atom is -0.496 e. The molecule has 3 nitrogen and oxygen atoms in total. The van der Waals surface area contributed by atoms with Gasteiger partial charge in [-0.15, -0.1) is 0 Å². The highest BCUT2D eigenvalue weighted by Crippen LogP contribution is 2.24. The van der Waals surface area contributed by atoms with Gasteiger partial charge in [-0.2, -0.15) is 0 Å². The fraction of sp³-hybridized carbons (Fsp3) is 0.538. The smallest absolute Gasteiger partial charge is 0.121 e. The van der Waals surface area contributed by atoms with Crippen LogP contribution in [-0.2, 0) is 0 Å². The first-order valence-corrected chi connectivity index (χ1v) is 5.79. The Hall–Kier alpha value is -1.22. The van der Waals surface area contributed by atoms with Crippen LogP contribution in [0, 0.1) is 6.92 Å². The summed E-state index contributed by atoms with van der Waals surface area (Å²) in [6, 6.07) is 6.42. The Morgan fingerprint density at radius 3 is 2.38 bits per heavy atom. The summed E-state index contributed by atoms with van der Waals surface area (Å²) in [5.74, 6) is 0.970. The van der Waals surface area contributed by atoms with E-state index >= 15 is 0 Å². The van der Waals surface area contributed by atoms with E-state index in [4.69, 9.17) is 4.74 Å². The number of benzene rings is 1. The third-order valence-corrected chi connectivity index (χ3v) is 3.25. The molecule has 1 aromatic carbocycles. The standard InChI is InChI=1S/C13H20N2O/c1-11-10-12(4-5-13(11)16-3)15-8-6-14(2)7-9-15/h4-5,10H,6-9H2,1-3H3. The van der Waals surface area contributed by atoms with Crippen LogP contribution in [-0.4, -0.2) is 45.2 Å². The molecule has 1 aliphatic heterocycles. The van der Waals surface area contributed by atoms with Crippen LogP contribution in [0.25, 0.3) is 0 Å². The van der Waals surface area contributed by atoms with Crippen molar-refractivity contribution in [3.63, 3.8) is 0 Å². The highest BCUT2D eigenvalue weighted by molar-refractivity contribution is 5.53. The summed E-state index contributed by atoms with van der Waals surface area (Å²) in [4.78, 5) is 4.80. The number of likely N-dealkylation sites (N-methyl/N-ethyl adjacent to an activating group) is 1. The average Bonchev–Trinajstić information content (AvgIpc) is 2.30. The Morgan fingerprint density at radius 1 is 1.12 bits per heavy atom. The van der Waals surface area contributed by atoms with E-state index in [0.717, 1.165) is 31.9 Å². The molecule has 0 bridgehead atoms. The Morgan fingerprint density at radius 2 is 1.81 bits per heavy atom. The Kier molecular flexibility index (Phi) is 3.34. The van der Waals surface area contributed by atoms with Crippen molar-refractivity contribution in [1.82, 2.24) is 4.90 Å². The zero-order valence-electron chi connectivity index (χ0n) is 10.4. The molecule has 0 atom stereocenters. The number of aryl methyl sites for hydroxylation is 1. The zero-order valence-corrected chi connectivity index (χ0v) is 10.4. The second-order valence-electron chi connectivity index (χ2n) is 4.44. The van der Waals surface area contributed by atoms with Gasteiger partial charge in [0.15, 0.2) is 0 Å². The molecule has 1 heterocycles. The van der Waals surface area contributed by atoms with E-state index in [-0.39, 0.29) is 0 Å². The van der Waals surface area contributed by atoms with Gasteiger partial charge in [0, 0.05) is 31.9 Å². The van der Waals surface area contributed by atoms with Gasteiger partial charge >= 0.3 is 0 Å². The van der Waals surface area contributed by atoms with Crippen molar-refractivity contribution in [2.75, 3.05) is 45.2 Å². The summed E-state index contributed by atoms with van der Waals surface area (Å²) in [7, 11) is 3.90. The van der Waals surface area contributed by atoms with Crippen molar-refractivity contribution in [3.05, 3.63) is 23.8 Å². The van der Waals surface area contributed by atoms with Crippen molar-refractivity contribution < 1.29 is 4.74 Å². The van der Waals surface area contributed by atoms with Crippen LogP contribution in [0.5, 0.6) is 5.75 Å². The van der Waals surface area contributed by atoms with Gasteiger partial charge in [-0.1, -0.05) is 0 Å². The molecule has 0 amide bonds. The van der Waals surface area contributed by atoms with E-state index in [2.05, 4.69) is 42.0 Å². The molecule has 1 saturated heterocycles. The van der Waals surface area contributed by atoms with Gasteiger partial charge in [0.05, 0.1) is 7.11 Å². The summed E-state index contributed by atoms with van der Waals surface area (Å²) < 4.78 is 5.28. The maximum atomic E-state index is 5.28. The van der Waals surface area contributed by atoms with Gasteiger partial charge in [-0.3, -0.25) is 0 Å². The topological polar surface area (TPSA) is 15.7 Å². The molecule has 2 rings (SSSR count). The van der Waals surface area contributed by atoms with E-state index < -0.39 is 0 Å². The van der Waals surface area contributed by atoms with Crippen molar-refractivity contribution in [2.45, 2.75) is 6.92 Å². The van der Waals surface area contributed by atoms with Gasteiger partial charge < -0.3 is 14.5 Å². The molecule has 1 aliphatic rings. The number of ether oxygens (including phenoxy) is 1. The fourth-order valence-corrected chi connectivity index (χ4v) is 2.12. The van der Waals surface area contributed by atoms with Crippen LogP contribution in [0.15, 0.2) is 18.2 Å². The van der Waals surface area contributed by atoms with Crippen LogP contribution in [0.4, 0.5) is 5.69 Å². The predicted octanol–water partition coefficient (Wildman–Crippen LogP) is 1.76. The minimum absolute atomic E-state index is 0.970. The van der Waals surface area contributed by atoms with E-state index in [1.807, 2.05) is 0 Å². The molecule has 1 aromatic rings. The Balaban J connectivity index is 2.12. The first-order valence-electron chi connectivity index (χ1n) is 5.79. The first kappa shape index (κ1) is 11.3. The number of hydrogen-bond acceptors (Lipinski definition) is 3. The van der Waals surface area contributed by atoms with Gasteiger partial charge in [-0.05, 0) is 37.7 Å². The molecular formula is C13H20N2O. The molecule has 0 saturated carbocycles. The number of piperazine rings is 1. The van der Waals surface area contributed by atoms with Crippen LogP contribution in [0.2, 0.25) is 0 Å². The number of nitrogens with zero attached hydrogens (tertiary/aromatic N) is 2. The lowest BCUT2D eigenvalue weighted by atomic mass is 10.1. The molecule has 0 spiro atoms. The number of rotatable bonds is 2. The summed E-state index contributed by atoms with van der Waals surface area (Å²) in [6.07, 6.45) is 0. The molecule has 1 fully saturated rings. The molecular weight excluding hydrogens is 200 g/mol. The second kappa shape index (κ2) is 4.74. The van der Waals surface area contributed by atoms with E-state index in [1.54, 1.807) is 7.11 Å². The van der Waals surface area contributed by atoms with E-state index in [1.165, 1.54) is 11.3 Å². The van der Waals surface area contributed by atoms with Crippen LogP contribution in [0.3, 0.4) is 0 Å². The first-order chi connectivity index (χ1) is 7.70. The largest absolute Gasteiger partial charge is 0.496 e. The normalized spacial score (nSPS) is 17.6. The highest BCUT2D eigenvalue weighted by atomic mass is 16.5. The van der Waals surface area contributed by atoms with Crippen LogP contribution >= 0.6 is 0 Å². The van der Waals surface area contributed by atoms with E-state index in [9.17, 15) is 0 Å². The van der Waals surface area contributed by atoms with Crippen molar-refractivity contribution in [3.8, 4) is 5.75 Å². The summed E-state index contributed by atoms with van der Waals surface area (Å²) in [6.45, 7) is 6.61. The molecule has 0 radical (unpaired) electrons. The van der Waals surface area contributed by atoms with Crippen molar-refractivity contribution in [1.29, 1.82) is 0 Å². The molecule has 3 heteroatoms. The maximum Gasteiger partial charge on any atom is 0.121 e. The number of anilines is 1. The number of methoxy groups -OCH3 is 1. The van der Waals surface area contributed by atoms with Gasteiger partial charge in [0.1, 0.15) is 5.75 Å². The average molecular weight is 220 g/mol. The molecule has 16 heavy (non-hydrogen) atoms. The molecule has 0 N–H and O–H groups in total. The monoisotopic (exact) mass is 220 g/mol. The molecule has 88 valence electrons. The molecule has 0 aliphatic carbocycles. The SMILES string of the molecule is COc1ccc(N2CCN(C)CC2)cc1C. The minimum atomic E-state index is 0.970. The fourth-order valence-electron chi connectivity index (χ4n) is 2.12. The zero-order chi connectivity index (χ0) is 11.5. The van der Waals surface area contributed by atoms with Crippen LogP contribution < -0.4 is 9.64 Å². The predicted molar refractivity (Wildman–Crippen MR) is 67.4 cm³/mol. The lowest BCUT2D eigenvalue weighted by Gasteiger charge is -2.34. The van der Waals surface area contributed by atoms with E-state index in [0.29, 0.717) is 0 Å². The summed E-state index contributed by atoms with van der Waals surface area (Å²) in [5, 5.41) is 0. The maximum absolute atomic E-state index is 5.28. The van der Waals surface area contributed by atoms with Gasteiger partial charge in [0.2, 0.25) is 0 Å². The van der Waals surface area contributed by atoms with Crippen molar-refractivity contribution >= 4 is 5.69 Å². The highest BCUT2D eigenvalue weighted by Gasteiger charge is 2.14. The quantitative estimate of drug-likeness (QED) is 0.755. The molecule has 0 aromatic heterocycles. The lowest BCUT2D eigenvalue weighted by Crippen LogP contribution is -2.44. The Bertz CT molecular complexity index is 357.